The van der Waals surface area contributed by atoms with Gasteiger partial charge in [-0.2, -0.15) is 0 Å². The van der Waals surface area contributed by atoms with Gasteiger partial charge in [-0.15, -0.1) is 17.0 Å². The van der Waals surface area contributed by atoms with Gasteiger partial charge in [-0.3, -0.25) is 4.99 Å². The Bertz CT molecular complexity index is 885. The largest absolute Gasteiger partial charge is 0.493 e. The van der Waals surface area contributed by atoms with Gasteiger partial charge in [0.2, 0.25) is 5.88 Å². The molecule has 0 radical (unpaired) electrons. The number of methoxy groups -OCH3 is 2. The van der Waals surface area contributed by atoms with Crippen LogP contribution in [0.2, 0.25) is 0 Å². The summed E-state index contributed by atoms with van der Waals surface area (Å²) >= 11 is 0. The maximum atomic E-state index is 10.3. The van der Waals surface area contributed by atoms with Crippen molar-refractivity contribution < 1.29 is 19.3 Å². The van der Waals surface area contributed by atoms with E-state index in [-0.39, 0.29) is 35.0 Å². The fraction of sp³-hybridized carbons (Fsp3) is 0.455. The third kappa shape index (κ3) is 4.12. The summed E-state index contributed by atoms with van der Waals surface area (Å²) in [6, 6.07) is 8.05. The minimum absolute atomic E-state index is 0. The van der Waals surface area contributed by atoms with E-state index in [1.54, 1.807) is 20.4 Å². The predicted molar refractivity (Wildman–Crippen MR) is 117 cm³/mol. The Morgan fingerprint density at radius 2 is 1.93 bits per heavy atom. The minimum atomic E-state index is -0.286. The number of aliphatic imine (C=N–C) groups is 1. The van der Waals surface area contributed by atoms with Gasteiger partial charge in [0.25, 0.3) is 0 Å². The third-order valence-electron chi connectivity index (χ3n) is 5.59. The first-order valence-corrected chi connectivity index (χ1v) is 9.76. The van der Waals surface area contributed by atoms with Crippen LogP contribution in [-0.4, -0.2) is 48.8 Å². The summed E-state index contributed by atoms with van der Waals surface area (Å²) in [5.74, 6) is 2.17. The highest BCUT2D eigenvalue weighted by molar-refractivity contribution is 8.93. The molecule has 1 N–H and O–H groups in total. The van der Waals surface area contributed by atoms with Crippen molar-refractivity contribution in [3.63, 3.8) is 0 Å². The molecule has 0 unspecified atom stereocenters. The monoisotopic (exact) mass is 462 g/mol. The van der Waals surface area contributed by atoms with E-state index >= 15 is 0 Å². The van der Waals surface area contributed by atoms with Crippen molar-refractivity contribution in [2.75, 3.05) is 20.8 Å². The number of nitrogens with zero attached hydrogens (tertiary/aromatic N) is 2. The number of ether oxygens (including phenoxy) is 3. The topological polar surface area (TPSA) is 73.2 Å². The van der Waals surface area contributed by atoms with Crippen molar-refractivity contribution in [1.82, 2.24) is 4.98 Å². The molecule has 0 bridgehead atoms. The van der Waals surface area contributed by atoms with Crippen LogP contribution in [0.15, 0.2) is 35.5 Å². The van der Waals surface area contributed by atoms with Gasteiger partial charge in [0.1, 0.15) is 0 Å². The predicted octanol–water partition coefficient (Wildman–Crippen LogP) is 3.92. The third-order valence-corrected chi connectivity index (χ3v) is 5.59. The summed E-state index contributed by atoms with van der Waals surface area (Å²) in [6.45, 7) is 2.52. The van der Waals surface area contributed by atoms with Gasteiger partial charge < -0.3 is 19.3 Å². The molecule has 1 fully saturated rings. The summed E-state index contributed by atoms with van der Waals surface area (Å²) in [5.41, 5.74) is 4.03. The van der Waals surface area contributed by atoms with Gasteiger partial charge in [0.05, 0.1) is 38.7 Å². The first-order chi connectivity index (χ1) is 13.6. The van der Waals surface area contributed by atoms with Gasteiger partial charge in [-0.25, -0.2) is 4.98 Å². The molecule has 2 aliphatic rings. The van der Waals surface area contributed by atoms with Crippen LogP contribution in [0.25, 0.3) is 0 Å². The molecule has 1 aliphatic heterocycles. The molecule has 7 heteroatoms. The van der Waals surface area contributed by atoms with E-state index in [1.807, 2.05) is 25.1 Å². The second kappa shape index (κ2) is 9.13. The number of aliphatic hydroxyl groups is 1. The zero-order chi connectivity index (χ0) is 19.7. The van der Waals surface area contributed by atoms with Gasteiger partial charge in [-0.05, 0) is 49.9 Å². The van der Waals surface area contributed by atoms with Crippen molar-refractivity contribution in [2.24, 2.45) is 4.99 Å². The second-order valence-electron chi connectivity index (χ2n) is 7.23. The Balaban J connectivity index is 0.00000240. The molecule has 1 aromatic heterocycles. The fourth-order valence-corrected chi connectivity index (χ4v) is 4.24. The lowest BCUT2D eigenvalue weighted by atomic mass is 9.74. The molecule has 1 aromatic carbocycles. The van der Waals surface area contributed by atoms with E-state index in [1.165, 1.54) is 0 Å². The van der Waals surface area contributed by atoms with Gasteiger partial charge in [-0.1, -0.05) is 0 Å². The average molecular weight is 463 g/mol. The standard InChI is InChI=1S/C22H26N2O4.BrH/c1-4-28-20-10-15-16-9-14(25)6-7-18(16)24-22(17(15)11-19(20)26-2)13-5-8-21(27-3)23-12-13;/h5,8,10-12,14,16,18,25H,4,6-7,9H2,1-3H3;1H/t14-,16-,18-;/m1./s1. The molecule has 2 aromatic rings. The van der Waals surface area contributed by atoms with E-state index in [4.69, 9.17) is 19.2 Å². The lowest BCUT2D eigenvalue weighted by Gasteiger charge is -2.37. The van der Waals surface area contributed by atoms with Crippen molar-refractivity contribution in [3.05, 3.63) is 47.2 Å². The summed E-state index contributed by atoms with van der Waals surface area (Å²) in [4.78, 5) is 9.44. The molecule has 1 saturated carbocycles. The number of fused-ring (bicyclic) bond motifs is 3. The molecular formula is C22H27BrN2O4. The molecule has 156 valence electrons. The Morgan fingerprint density at radius 1 is 1.10 bits per heavy atom. The zero-order valence-electron chi connectivity index (χ0n) is 16.9. The smallest absolute Gasteiger partial charge is 0.212 e. The molecule has 0 amide bonds. The van der Waals surface area contributed by atoms with Crippen molar-refractivity contribution in [1.29, 1.82) is 0 Å². The molecule has 1 aliphatic carbocycles. The molecular weight excluding hydrogens is 436 g/mol. The highest BCUT2D eigenvalue weighted by Gasteiger charge is 2.37. The number of pyridine rings is 1. The second-order valence-corrected chi connectivity index (χ2v) is 7.23. The van der Waals surface area contributed by atoms with Crippen molar-refractivity contribution >= 4 is 22.7 Å². The number of halogens is 1. The maximum Gasteiger partial charge on any atom is 0.212 e. The molecule has 6 nitrogen and oxygen atoms in total. The highest BCUT2D eigenvalue weighted by Crippen LogP contribution is 2.44. The molecule has 3 atom stereocenters. The molecule has 29 heavy (non-hydrogen) atoms. The van der Waals surface area contributed by atoms with Crippen molar-refractivity contribution in [3.8, 4) is 17.4 Å². The number of hydrogen-bond donors (Lipinski definition) is 1. The number of benzene rings is 1. The van der Waals surface area contributed by atoms with Crippen molar-refractivity contribution in [2.45, 2.75) is 44.2 Å². The number of rotatable bonds is 5. The summed E-state index contributed by atoms with van der Waals surface area (Å²) < 4.78 is 16.6. The fourth-order valence-electron chi connectivity index (χ4n) is 4.24. The Kier molecular flexibility index (Phi) is 6.80. The highest BCUT2D eigenvalue weighted by atomic mass is 79.9. The summed E-state index contributed by atoms with van der Waals surface area (Å²) in [6.07, 6.45) is 3.87. The average Bonchev–Trinajstić information content (AvgIpc) is 2.73. The van der Waals surface area contributed by atoms with E-state index in [0.717, 1.165) is 41.0 Å². The molecule has 0 saturated heterocycles. The normalized spacial score (nSPS) is 22.5. The Morgan fingerprint density at radius 3 is 2.59 bits per heavy atom. The number of hydrogen-bond acceptors (Lipinski definition) is 6. The Labute approximate surface area is 181 Å². The first kappa shape index (κ1) is 21.6. The van der Waals surface area contributed by atoms with Gasteiger partial charge >= 0.3 is 0 Å². The quantitative estimate of drug-likeness (QED) is 0.728. The summed E-state index contributed by atoms with van der Waals surface area (Å²) in [5, 5.41) is 10.3. The summed E-state index contributed by atoms with van der Waals surface area (Å²) in [7, 11) is 3.25. The van der Waals surface area contributed by atoms with E-state index in [9.17, 15) is 5.11 Å². The van der Waals surface area contributed by atoms with Gasteiger partial charge in [0, 0.05) is 29.3 Å². The maximum absolute atomic E-state index is 10.3. The number of aromatic nitrogens is 1. The van der Waals surface area contributed by atoms with Crippen LogP contribution >= 0.6 is 17.0 Å². The van der Waals surface area contributed by atoms with Crippen LogP contribution in [-0.2, 0) is 0 Å². The van der Waals surface area contributed by atoms with Crippen LogP contribution in [0, 0.1) is 0 Å². The van der Waals surface area contributed by atoms with Crippen LogP contribution in [0.4, 0.5) is 0 Å². The molecule has 4 rings (SSSR count). The lowest BCUT2D eigenvalue weighted by Crippen LogP contribution is -2.34. The SMILES string of the molecule is Br.CCOc1cc2c(cc1OC)C(c1ccc(OC)nc1)=N[C@@H]1CC[C@@H](O)C[C@H]21. The number of aliphatic hydroxyl groups excluding tert-OH is 1. The first-order valence-electron chi connectivity index (χ1n) is 9.76. The van der Waals surface area contributed by atoms with Gasteiger partial charge in [0.15, 0.2) is 11.5 Å². The minimum Gasteiger partial charge on any atom is -0.493 e. The van der Waals surface area contributed by atoms with E-state index in [0.29, 0.717) is 24.7 Å². The van der Waals surface area contributed by atoms with Crippen LogP contribution < -0.4 is 14.2 Å². The van der Waals surface area contributed by atoms with E-state index in [2.05, 4.69) is 11.1 Å². The Hall–Kier alpha value is -2.12. The van der Waals surface area contributed by atoms with E-state index < -0.39 is 0 Å². The lowest BCUT2D eigenvalue weighted by molar-refractivity contribution is 0.111. The molecule has 0 spiro atoms. The zero-order valence-corrected chi connectivity index (χ0v) is 18.6. The van der Waals surface area contributed by atoms with Crippen LogP contribution in [0.1, 0.15) is 48.8 Å². The molecule has 2 heterocycles. The van der Waals surface area contributed by atoms with Crippen LogP contribution in [0.5, 0.6) is 17.4 Å². The van der Waals surface area contributed by atoms with Crippen LogP contribution in [0.3, 0.4) is 0 Å².